The number of hydrogen-bond donors (Lipinski definition) is 2. The third-order valence-electron chi connectivity index (χ3n) is 7.06. The molecule has 4 amide bonds. The normalized spacial score (nSPS) is 17.4. The van der Waals surface area contributed by atoms with Crippen molar-refractivity contribution in [2.45, 2.75) is 38.6 Å². The Morgan fingerprint density at radius 3 is 2.37 bits per heavy atom. The third-order valence-corrected chi connectivity index (χ3v) is 7.06. The Kier molecular flexibility index (Phi) is 7.66. The highest BCUT2D eigenvalue weighted by atomic mass is 16.5. The largest absolute Gasteiger partial charge is 0.493 e. The average Bonchev–Trinajstić information content (AvgIpc) is 3.21. The van der Waals surface area contributed by atoms with E-state index in [1.54, 1.807) is 21.3 Å². The highest BCUT2D eigenvalue weighted by Crippen LogP contribution is 2.36. The van der Waals surface area contributed by atoms with Crippen LogP contribution < -0.4 is 20.1 Å². The van der Waals surface area contributed by atoms with Gasteiger partial charge < -0.3 is 25.0 Å². The van der Waals surface area contributed by atoms with Crippen LogP contribution >= 0.6 is 0 Å². The lowest BCUT2D eigenvalue weighted by Crippen LogP contribution is -2.45. The van der Waals surface area contributed by atoms with Crippen molar-refractivity contribution in [3.63, 3.8) is 0 Å². The first-order valence-electron chi connectivity index (χ1n) is 12.7. The Hall–Kier alpha value is -4.01. The van der Waals surface area contributed by atoms with Gasteiger partial charge in [-0.3, -0.25) is 14.5 Å². The van der Waals surface area contributed by atoms with Crippen molar-refractivity contribution < 1.29 is 23.9 Å². The quantitative estimate of drug-likeness (QED) is 0.557. The van der Waals surface area contributed by atoms with Crippen molar-refractivity contribution >= 4 is 17.8 Å². The molecule has 2 N–H and O–H groups in total. The summed E-state index contributed by atoms with van der Waals surface area (Å²) in [6.45, 7) is 6.94. The van der Waals surface area contributed by atoms with Gasteiger partial charge in [-0.1, -0.05) is 51.1 Å². The first kappa shape index (κ1) is 27.0. The Morgan fingerprint density at radius 1 is 1.05 bits per heavy atom. The van der Waals surface area contributed by atoms with Gasteiger partial charge in [0.25, 0.3) is 5.91 Å². The van der Waals surface area contributed by atoms with Gasteiger partial charge in [0.1, 0.15) is 6.54 Å². The lowest BCUT2D eigenvalue weighted by atomic mass is 9.85. The third kappa shape index (κ3) is 5.46. The van der Waals surface area contributed by atoms with E-state index in [1.807, 2.05) is 42.5 Å². The van der Waals surface area contributed by atoms with Gasteiger partial charge >= 0.3 is 6.03 Å². The van der Waals surface area contributed by atoms with Crippen LogP contribution in [0.2, 0.25) is 0 Å². The van der Waals surface area contributed by atoms with Gasteiger partial charge in [-0.25, -0.2) is 4.79 Å². The number of nitrogens with one attached hydrogen (secondary N) is 2. The molecule has 0 fully saturated rings. The molecule has 0 saturated heterocycles. The molecule has 2 aromatic carbocycles. The number of rotatable bonds is 8. The summed E-state index contributed by atoms with van der Waals surface area (Å²) in [5.74, 6) is 0.773. The Balaban J connectivity index is 1.41. The number of carbonyl (C=O) groups excluding carboxylic acids is 3. The molecule has 2 aliphatic rings. The molecule has 0 bridgehead atoms. The first-order valence-corrected chi connectivity index (χ1v) is 12.7. The number of hydrogen-bond acceptors (Lipinski definition) is 5. The maximum Gasteiger partial charge on any atom is 0.322 e. The number of methoxy groups -OCH3 is 2. The van der Waals surface area contributed by atoms with Crippen LogP contribution in [-0.4, -0.2) is 68.5 Å². The van der Waals surface area contributed by atoms with Crippen molar-refractivity contribution in [3.8, 4) is 11.5 Å². The number of carbonyl (C=O) groups is 3. The summed E-state index contributed by atoms with van der Waals surface area (Å²) < 4.78 is 10.6. The average molecular weight is 521 g/mol. The predicted molar refractivity (Wildman–Crippen MR) is 144 cm³/mol. The van der Waals surface area contributed by atoms with E-state index in [1.165, 1.54) is 15.4 Å². The topological polar surface area (TPSA) is 100 Å². The van der Waals surface area contributed by atoms with Gasteiger partial charge in [-0.2, -0.15) is 0 Å². The summed E-state index contributed by atoms with van der Waals surface area (Å²) in [5.41, 5.74) is 4.12. The Morgan fingerprint density at radius 2 is 1.74 bits per heavy atom. The molecule has 202 valence electrons. The molecule has 9 heteroatoms. The SMILES string of the molecule is COc1ccc(CCNC(=O)CN2CC3=C(C2=O)[C@@H](c2ccc(C(C)(C)C)cc2)NC(=O)N3C)cc1OC. The first-order chi connectivity index (χ1) is 18.0. The zero-order valence-electron chi connectivity index (χ0n) is 22.9. The van der Waals surface area contributed by atoms with Crippen LogP contribution in [0.25, 0.3) is 0 Å². The maximum absolute atomic E-state index is 13.4. The van der Waals surface area contributed by atoms with E-state index in [-0.39, 0.29) is 36.3 Å². The van der Waals surface area contributed by atoms with Crippen LogP contribution in [0.1, 0.15) is 43.5 Å². The van der Waals surface area contributed by atoms with Gasteiger partial charge in [0.05, 0.1) is 38.1 Å². The van der Waals surface area contributed by atoms with E-state index < -0.39 is 6.04 Å². The molecule has 2 heterocycles. The number of nitrogens with zero attached hydrogens (tertiary/aromatic N) is 2. The van der Waals surface area contributed by atoms with Crippen molar-refractivity contribution in [3.05, 3.63) is 70.4 Å². The minimum atomic E-state index is -0.562. The molecule has 0 radical (unpaired) electrons. The summed E-state index contributed by atoms with van der Waals surface area (Å²) in [5, 5.41) is 5.84. The summed E-state index contributed by atoms with van der Waals surface area (Å²) in [6, 6.07) is 12.8. The molecule has 0 unspecified atom stereocenters. The van der Waals surface area contributed by atoms with Gasteiger partial charge in [-0.15, -0.1) is 0 Å². The van der Waals surface area contributed by atoms with Crippen molar-refractivity contribution in [1.82, 2.24) is 20.4 Å². The summed E-state index contributed by atoms with van der Waals surface area (Å²) in [7, 11) is 4.80. The van der Waals surface area contributed by atoms with E-state index in [4.69, 9.17) is 9.47 Å². The maximum atomic E-state index is 13.4. The summed E-state index contributed by atoms with van der Waals surface area (Å²) >= 11 is 0. The Labute approximate surface area is 223 Å². The fourth-order valence-corrected chi connectivity index (χ4v) is 4.79. The van der Waals surface area contributed by atoms with Gasteiger partial charge in [0, 0.05) is 13.6 Å². The number of ether oxygens (including phenoxy) is 2. The molecular weight excluding hydrogens is 484 g/mol. The second kappa shape index (κ2) is 10.8. The van der Waals surface area contributed by atoms with Crippen LogP contribution in [0.5, 0.6) is 11.5 Å². The highest BCUT2D eigenvalue weighted by molar-refractivity contribution is 6.02. The number of benzene rings is 2. The minimum Gasteiger partial charge on any atom is -0.493 e. The number of urea groups is 1. The summed E-state index contributed by atoms with van der Waals surface area (Å²) in [6.07, 6.45) is 0.600. The molecule has 38 heavy (non-hydrogen) atoms. The number of amides is 4. The van der Waals surface area contributed by atoms with Crippen LogP contribution in [0.4, 0.5) is 4.79 Å². The molecule has 0 saturated carbocycles. The van der Waals surface area contributed by atoms with E-state index >= 15 is 0 Å². The fraction of sp³-hybridized carbons (Fsp3) is 0.414. The molecule has 2 aromatic rings. The molecule has 1 atom stereocenters. The van der Waals surface area contributed by atoms with Crippen LogP contribution in [0, 0.1) is 0 Å². The Bertz CT molecular complexity index is 1260. The lowest BCUT2D eigenvalue weighted by Gasteiger charge is -2.31. The molecular formula is C29H36N4O5. The van der Waals surface area contributed by atoms with E-state index in [9.17, 15) is 14.4 Å². The lowest BCUT2D eigenvalue weighted by molar-refractivity contribution is -0.131. The second-order valence-corrected chi connectivity index (χ2v) is 10.6. The molecule has 0 aliphatic carbocycles. The zero-order valence-corrected chi connectivity index (χ0v) is 22.9. The van der Waals surface area contributed by atoms with Crippen LogP contribution in [0.3, 0.4) is 0 Å². The van der Waals surface area contributed by atoms with Crippen molar-refractivity contribution in [2.75, 3.05) is 40.9 Å². The van der Waals surface area contributed by atoms with Gasteiger partial charge in [0.2, 0.25) is 5.91 Å². The minimum absolute atomic E-state index is 0.00816. The van der Waals surface area contributed by atoms with Crippen molar-refractivity contribution in [2.24, 2.45) is 0 Å². The van der Waals surface area contributed by atoms with Crippen LogP contribution in [-0.2, 0) is 21.4 Å². The molecule has 4 rings (SSSR count). The zero-order chi connectivity index (χ0) is 27.6. The van der Waals surface area contributed by atoms with Crippen LogP contribution in [0.15, 0.2) is 53.7 Å². The molecule has 9 nitrogen and oxygen atoms in total. The van der Waals surface area contributed by atoms with E-state index in [0.29, 0.717) is 35.7 Å². The monoisotopic (exact) mass is 520 g/mol. The summed E-state index contributed by atoms with van der Waals surface area (Å²) in [4.78, 5) is 41.8. The molecule has 0 aromatic heterocycles. The van der Waals surface area contributed by atoms with Gasteiger partial charge in [0.15, 0.2) is 11.5 Å². The number of likely N-dealkylation sites (N-methyl/N-ethyl adjacent to an activating group) is 1. The smallest absolute Gasteiger partial charge is 0.322 e. The van der Waals surface area contributed by atoms with E-state index in [2.05, 4.69) is 31.4 Å². The van der Waals surface area contributed by atoms with E-state index in [0.717, 1.165) is 11.1 Å². The standard InChI is InChI=1S/C29H36N4O5/c1-29(2,3)20-10-8-19(9-11-20)26-25-21(32(4)28(36)31-26)16-33(27(25)35)17-24(34)30-14-13-18-7-12-22(37-5)23(15-18)38-6/h7-12,15,26H,13-14,16-17H2,1-6H3,(H,30,34)(H,31,36)/t26-/m1/s1. The molecule has 0 spiro atoms. The predicted octanol–water partition coefficient (Wildman–Crippen LogP) is 3.15. The fourth-order valence-electron chi connectivity index (χ4n) is 4.79. The molecule has 2 aliphatic heterocycles. The van der Waals surface area contributed by atoms with Gasteiger partial charge in [-0.05, 0) is 40.7 Å². The highest BCUT2D eigenvalue weighted by Gasteiger charge is 2.43. The van der Waals surface area contributed by atoms with Crippen molar-refractivity contribution in [1.29, 1.82) is 0 Å². The second-order valence-electron chi connectivity index (χ2n) is 10.6.